The first-order valence-electron chi connectivity index (χ1n) is 6.50. The van der Waals surface area contributed by atoms with Gasteiger partial charge in [0.25, 0.3) is 11.8 Å². The molecule has 108 valence electrons. The molecular formula is C14H19N3O3. The second-order valence-electron chi connectivity index (χ2n) is 5.29. The summed E-state index contributed by atoms with van der Waals surface area (Å²) in [6, 6.07) is 1.60. The molecule has 0 aliphatic heterocycles. The van der Waals surface area contributed by atoms with Gasteiger partial charge in [-0.1, -0.05) is 0 Å². The monoisotopic (exact) mass is 277 g/mol. The first-order chi connectivity index (χ1) is 9.40. The number of rotatable bonds is 4. The fourth-order valence-electron chi connectivity index (χ4n) is 1.65. The van der Waals surface area contributed by atoms with Crippen LogP contribution in [0, 0.1) is 0 Å². The van der Waals surface area contributed by atoms with Crippen LogP contribution >= 0.6 is 0 Å². The molecule has 1 fully saturated rings. The maximum Gasteiger partial charge on any atom is 0.275 e. The quantitative estimate of drug-likeness (QED) is 0.824. The highest BCUT2D eigenvalue weighted by molar-refractivity contribution is 5.98. The van der Waals surface area contributed by atoms with E-state index in [2.05, 4.69) is 4.98 Å². The minimum Gasteiger partial charge on any atom is -0.488 e. The third kappa shape index (κ3) is 3.07. The predicted octanol–water partition coefficient (Wildman–Crippen LogP) is 1.03. The van der Waals surface area contributed by atoms with Crippen molar-refractivity contribution in [3.05, 3.63) is 23.5 Å². The summed E-state index contributed by atoms with van der Waals surface area (Å²) in [6.07, 6.45) is 3.50. The Balaban J connectivity index is 2.36. The fourth-order valence-corrected chi connectivity index (χ4v) is 1.65. The predicted molar refractivity (Wildman–Crippen MR) is 73.9 cm³/mol. The average molecular weight is 277 g/mol. The van der Waals surface area contributed by atoms with Crippen LogP contribution in [0.2, 0.25) is 0 Å². The smallest absolute Gasteiger partial charge is 0.275 e. The minimum absolute atomic E-state index is 0.134. The van der Waals surface area contributed by atoms with Crippen molar-refractivity contribution in [3.63, 3.8) is 0 Å². The summed E-state index contributed by atoms with van der Waals surface area (Å²) in [6.45, 7) is 0. The summed E-state index contributed by atoms with van der Waals surface area (Å²) in [5.74, 6) is -0.00889. The summed E-state index contributed by atoms with van der Waals surface area (Å²) >= 11 is 0. The molecule has 0 aromatic carbocycles. The standard InChI is InChI=1S/C14H19N3O3/c1-16(2)13(18)9-7-11(20-10-5-6-10)12(15-8-9)14(19)17(3)4/h7-8,10H,5-6H2,1-4H3. The average Bonchev–Trinajstić information content (AvgIpc) is 3.20. The van der Waals surface area contributed by atoms with Crippen molar-refractivity contribution in [2.45, 2.75) is 18.9 Å². The molecular weight excluding hydrogens is 258 g/mol. The van der Waals surface area contributed by atoms with Gasteiger partial charge in [0.2, 0.25) is 0 Å². The summed E-state index contributed by atoms with van der Waals surface area (Å²) < 4.78 is 5.72. The molecule has 0 radical (unpaired) electrons. The highest BCUT2D eigenvalue weighted by Gasteiger charge is 2.27. The van der Waals surface area contributed by atoms with E-state index in [1.54, 1.807) is 34.3 Å². The molecule has 0 spiro atoms. The molecule has 1 aliphatic rings. The molecule has 0 unspecified atom stereocenters. The third-order valence-corrected chi connectivity index (χ3v) is 2.93. The Morgan fingerprint density at radius 3 is 2.25 bits per heavy atom. The number of amides is 2. The van der Waals surface area contributed by atoms with Crippen molar-refractivity contribution in [3.8, 4) is 5.75 Å². The van der Waals surface area contributed by atoms with Gasteiger partial charge >= 0.3 is 0 Å². The van der Waals surface area contributed by atoms with Crippen molar-refractivity contribution < 1.29 is 14.3 Å². The van der Waals surface area contributed by atoms with Crippen LogP contribution < -0.4 is 4.74 Å². The van der Waals surface area contributed by atoms with Crippen LogP contribution in [0.4, 0.5) is 0 Å². The normalized spacial score (nSPS) is 13.8. The number of ether oxygens (including phenoxy) is 1. The molecule has 1 heterocycles. The zero-order valence-electron chi connectivity index (χ0n) is 12.2. The van der Waals surface area contributed by atoms with Crippen LogP contribution in [0.3, 0.4) is 0 Å². The van der Waals surface area contributed by atoms with Gasteiger partial charge in [-0.2, -0.15) is 0 Å². The van der Waals surface area contributed by atoms with E-state index in [9.17, 15) is 9.59 Å². The summed E-state index contributed by atoms with van der Waals surface area (Å²) in [7, 11) is 6.65. The molecule has 20 heavy (non-hydrogen) atoms. The maximum absolute atomic E-state index is 12.1. The van der Waals surface area contributed by atoms with E-state index < -0.39 is 0 Å². The Morgan fingerprint density at radius 2 is 1.75 bits per heavy atom. The Bertz CT molecular complexity index is 536. The molecule has 2 rings (SSSR count). The van der Waals surface area contributed by atoms with Crippen molar-refractivity contribution in [2.24, 2.45) is 0 Å². The fraction of sp³-hybridized carbons (Fsp3) is 0.500. The lowest BCUT2D eigenvalue weighted by atomic mass is 10.2. The van der Waals surface area contributed by atoms with Gasteiger partial charge in [-0.05, 0) is 18.9 Å². The highest BCUT2D eigenvalue weighted by atomic mass is 16.5. The van der Waals surface area contributed by atoms with E-state index in [-0.39, 0.29) is 23.6 Å². The van der Waals surface area contributed by atoms with E-state index in [1.807, 2.05) is 0 Å². The van der Waals surface area contributed by atoms with E-state index in [0.29, 0.717) is 11.3 Å². The number of aromatic nitrogens is 1. The van der Waals surface area contributed by atoms with Crippen molar-refractivity contribution in [1.29, 1.82) is 0 Å². The lowest BCUT2D eigenvalue weighted by Gasteiger charge is -2.16. The van der Waals surface area contributed by atoms with Crippen LogP contribution in [0.25, 0.3) is 0 Å². The zero-order valence-corrected chi connectivity index (χ0v) is 12.2. The van der Waals surface area contributed by atoms with E-state index in [0.717, 1.165) is 12.8 Å². The molecule has 2 amide bonds. The molecule has 0 atom stereocenters. The number of hydrogen-bond donors (Lipinski definition) is 0. The van der Waals surface area contributed by atoms with Crippen LogP contribution in [0.1, 0.15) is 33.7 Å². The topological polar surface area (TPSA) is 62.7 Å². The lowest BCUT2D eigenvalue weighted by molar-refractivity contribution is 0.0806. The van der Waals surface area contributed by atoms with Crippen LogP contribution in [0.15, 0.2) is 12.3 Å². The van der Waals surface area contributed by atoms with Gasteiger partial charge in [-0.3, -0.25) is 9.59 Å². The van der Waals surface area contributed by atoms with Gasteiger partial charge in [-0.15, -0.1) is 0 Å². The molecule has 6 heteroatoms. The number of pyridine rings is 1. The number of carbonyl (C=O) groups is 2. The molecule has 0 bridgehead atoms. The van der Waals surface area contributed by atoms with E-state index in [4.69, 9.17) is 4.74 Å². The van der Waals surface area contributed by atoms with E-state index >= 15 is 0 Å². The van der Waals surface area contributed by atoms with Gasteiger partial charge < -0.3 is 14.5 Å². The molecule has 1 aromatic rings. The van der Waals surface area contributed by atoms with Gasteiger partial charge in [0.15, 0.2) is 11.4 Å². The Kier molecular flexibility index (Phi) is 3.92. The SMILES string of the molecule is CN(C)C(=O)c1cnc(C(=O)N(C)C)c(OC2CC2)c1. The first-order valence-corrected chi connectivity index (χ1v) is 6.50. The Hall–Kier alpha value is -2.11. The van der Waals surface area contributed by atoms with Crippen LogP contribution in [-0.4, -0.2) is 60.9 Å². The lowest BCUT2D eigenvalue weighted by Crippen LogP contribution is -2.25. The molecule has 1 aliphatic carbocycles. The Morgan fingerprint density at radius 1 is 1.15 bits per heavy atom. The molecule has 1 saturated carbocycles. The number of carbonyl (C=O) groups excluding carboxylic acids is 2. The van der Waals surface area contributed by atoms with Gasteiger partial charge in [0.1, 0.15) is 0 Å². The van der Waals surface area contributed by atoms with Crippen LogP contribution in [0.5, 0.6) is 5.75 Å². The van der Waals surface area contributed by atoms with Crippen molar-refractivity contribution in [1.82, 2.24) is 14.8 Å². The highest BCUT2D eigenvalue weighted by Crippen LogP contribution is 2.29. The van der Waals surface area contributed by atoms with Gasteiger partial charge in [-0.25, -0.2) is 4.98 Å². The largest absolute Gasteiger partial charge is 0.488 e. The maximum atomic E-state index is 12.1. The van der Waals surface area contributed by atoms with E-state index in [1.165, 1.54) is 16.0 Å². The Labute approximate surface area is 118 Å². The summed E-state index contributed by atoms with van der Waals surface area (Å²) in [5, 5.41) is 0. The first kappa shape index (κ1) is 14.3. The molecule has 0 saturated heterocycles. The second kappa shape index (κ2) is 5.48. The molecule has 0 N–H and O–H groups in total. The van der Waals surface area contributed by atoms with Crippen molar-refractivity contribution >= 4 is 11.8 Å². The summed E-state index contributed by atoms with van der Waals surface area (Å²) in [5.41, 5.74) is 0.665. The third-order valence-electron chi connectivity index (χ3n) is 2.93. The molecule has 1 aromatic heterocycles. The van der Waals surface area contributed by atoms with Gasteiger partial charge in [0, 0.05) is 34.4 Å². The summed E-state index contributed by atoms with van der Waals surface area (Å²) in [4.78, 5) is 31.0. The van der Waals surface area contributed by atoms with Crippen LogP contribution in [-0.2, 0) is 0 Å². The zero-order chi connectivity index (χ0) is 14.9. The number of hydrogen-bond acceptors (Lipinski definition) is 4. The minimum atomic E-state index is -0.232. The van der Waals surface area contributed by atoms with Gasteiger partial charge in [0.05, 0.1) is 11.7 Å². The number of nitrogens with zero attached hydrogens (tertiary/aromatic N) is 3. The second-order valence-corrected chi connectivity index (χ2v) is 5.29. The molecule has 6 nitrogen and oxygen atoms in total. The van der Waals surface area contributed by atoms with Crippen molar-refractivity contribution in [2.75, 3.05) is 28.2 Å².